The second-order valence-electron chi connectivity index (χ2n) is 6.92. The predicted molar refractivity (Wildman–Crippen MR) is 123 cm³/mol. The average molecular weight is 485 g/mol. The van der Waals surface area contributed by atoms with Gasteiger partial charge in [0, 0.05) is 35.9 Å². The van der Waals surface area contributed by atoms with Crippen molar-refractivity contribution in [2.75, 3.05) is 4.72 Å². The Morgan fingerprint density at radius 1 is 1.15 bits per heavy atom. The fourth-order valence-corrected chi connectivity index (χ4v) is 5.18. The molecule has 3 aromatic heterocycles. The quantitative estimate of drug-likeness (QED) is 0.393. The lowest BCUT2D eigenvalue weighted by molar-refractivity contribution is -0.119. The molecule has 0 fully saturated rings. The van der Waals surface area contributed by atoms with Gasteiger partial charge in [-0.1, -0.05) is 0 Å². The van der Waals surface area contributed by atoms with E-state index in [0.29, 0.717) is 29.0 Å². The van der Waals surface area contributed by atoms with Gasteiger partial charge in [-0.05, 0) is 49.4 Å². The summed E-state index contributed by atoms with van der Waals surface area (Å²) in [6, 6.07) is 13.1. The van der Waals surface area contributed by atoms with Crippen LogP contribution in [0.3, 0.4) is 0 Å². The van der Waals surface area contributed by atoms with E-state index in [1.807, 2.05) is 0 Å². The normalized spacial score (nSPS) is 11.2. The third kappa shape index (κ3) is 5.73. The van der Waals surface area contributed by atoms with Crippen LogP contribution in [0.2, 0.25) is 0 Å². The third-order valence-corrected chi connectivity index (χ3v) is 7.24. The highest BCUT2D eigenvalue weighted by Gasteiger charge is 2.17. The van der Waals surface area contributed by atoms with E-state index < -0.39 is 10.0 Å². The predicted octanol–water partition coefficient (Wildman–Crippen LogP) is 3.26. The third-order valence-electron chi connectivity index (χ3n) is 4.28. The lowest BCUT2D eigenvalue weighted by Gasteiger charge is -2.09. The monoisotopic (exact) mass is 484 g/mol. The first-order chi connectivity index (χ1) is 15.8. The minimum atomic E-state index is -3.75. The Bertz CT molecular complexity index is 1370. The number of anilines is 1. The number of carbonyl (C=O) groups excluding carboxylic acids is 1. The van der Waals surface area contributed by atoms with Crippen LogP contribution in [-0.2, 0) is 21.4 Å². The highest BCUT2D eigenvalue weighted by molar-refractivity contribution is 7.94. The van der Waals surface area contributed by atoms with E-state index in [1.54, 1.807) is 66.5 Å². The Kier molecular flexibility index (Phi) is 6.38. The Morgan fingerprint density at radius 3 is 2.64 bits per heavy atom. The molecule has 12 heteroatoms. The number of amides is 1. The van der Waals surface area contributed by atoms with E-state index in [9.17, 15) is 13.2 Å². The van der Waals surface area contributed by atoms with E-state index in [2.05, 4.69) is 25.1 Å². The maximum atomic E-state index is 12.7. The lowest BCUT2D eigenvalue weighted by Crippen LogP contribution is -2.18. The number of carbonyl (C=O) groups is 1. The van der Waals surface area contributed by atoms with Crippen molar-refractivity contribution < 1.29 is 17.9 Å². The molecule has 170 valence electrons. The molecule has 4 rings (SSSR count). The SMILES string of the molecule is CC(=O)NCc1ccc(S(=O)(=O)Nc2ccc(Oc3cc(-n4cccn4)nc(C)n3)cc2)s1. The van der Waals surface area contributed by atoms with Gasteiger partial charge in [0.25, 0.3) is 10.0 Å². The molecule has 0 bridgehead atoms. The molecule has 0 radical (unpaired) electrons. The van der Waals surface area contributed by atoms with E-state index in [0.717, 1.165) is 16.2 Å². The molecular formula is C21H20N6O4S2. The van der Waals surface area contributed by atoms with Crippen LogP contribution in [0.4, 0.5) is 5.69 Å². The van der Waals surface area contributed by atoms with Crippen molar-refractivity contribution in [2.45, 2.75) is 24.6 Å². The number of aromatic nitrogens is 4. The minimum Gasteiger partial charge on any atom is -0.439 e. The van der Waals surface area contributed by atoms with E-state index in [4.69, 9.17) is 4.74 Å². The van der Waals surface area contributed by atoms with Crippen molar-refractivity contribution >= 4 is 33.0 Å². The van der Waals surface area contributed by atoms with Crippen LogP contribution in [0.15, 0.2) is 65.1 Å². The molecule has 1 amide bonds. The number of nitrogens with one attached hydrogen (secondary N) is 2. The average Bonchev–Trinajstić information content (AvgIpc) is 3.46. The van der Waals surface area contributed by atoms with Crippen molar-refractivity contribution in [2.24, 2.45) is 0 Å². The summed E-state index contributed by atoms with van der Waals surface area (Å²) >= 11 is 1.10. The second kappa shape index (κ2) is 9.38. The van der Waals surface area contributed by atoms with Crippen LogP contribution < -0.4 is 14.8 Å². The Morgan fingerprint density at radius 2 is 1.94 bits per heavy atom. The molecule has 3 heterocycles. The molecule has 0 aliphatic heterocycles. The second-order valence-corrected chi connectivity index (χ2v) is 10.0. The fourth-order valence-electron chi connectivity index (χ4n) is 2.83. The maximum absolute atomic E-state index is 12.7. The van der Waals surface area contributed by atoms with Crippen LogP contribution in [0.5, 0.6) is 11.6 Å². The minimum absolute atomic E-state index is 0.158. The zero-order valence-corrected chi connectivity index (χ0v) is 19.4. The highest BCUT2D eigenvalue weighted by atomic mass is 32.2. The number of nitrogens with zero attached hydrogens (tertiary/aromatic N) is 4. The van der Waals surface area contributed by atoms with Gasteiger partial charge in [-0.2, -0.15) is 10.1 Å². The van der Waals surface area contributed by atoms with Gasteiger partial charge in [-0.3, -0.25) is 9.52 Å². The van der Waals surface area contributed by atoms with Gasteiger partial charge in [-0.25, -0.2) is 18.1 Å². The van der Waals surface area contributed by atoms with E-state index in [1.165, 1.54) is 13.0 Å². The molecule has 0 saturated carbocycles. The van der Waals surface area contributed by atoms with Gasteiger partial charge < -0.3 is 10.1 Å². The van der Waals surface area contributed by atoms with Crippen molar-refractivity contribution in [3.05, 3.63) is 71.6 Å². The number of aryl methyl sites for hydroxylation is 1. The molecular weight excluding hydrogens is 464 g/mol. The number of hydrogen-bond donors (Lipinski definition) is 2. The largest absolute Gasteiger partial charge is 0.439 e. The van der Waals surface area contributed by atoms with Crippen LogP contribution in [0, 0.1) is 6.92 Å². The lowest BCUT2D eigenvalue weighted by atomic mass is 10.3. The van der Waals surface area contributed by atoms with Crippen LogP contribution in [0.1, 0.15) is 17.6 Å². The summed E-state index contributed by atoms with van der Waals surface area (Å²) < 4.78 is 35.5. The molecule has 0 aliphatic carbocycles. The molecule has 0 spiro atoms. The Hall–Kier alpha value is -3.77. The Labute approximate surface area is 194 Å². The number of ether oxygens (including phenoxy) is 1. The molecule has 0 saturated heterocycles. The fraction of sp³-hybridized carbons (Fsp3) is 0.143. The van der Waals surface area contributed by atoms with Gasteiger partial charge >= 0.3 is 0 Å². The molecule has 0 atom stereocenters. The maximum Gasteiger partial charge on any atom is 0.271 e. The Balaban J connectivity index is 1.44. The topological polar surface area (TPSA) is 128 Å². The van der Waals surface area contributed by atoms with Gasteiger partial charge in [0.05, 0.1) is 6.54 Å². The zero-order chi connectivity index (χ0) is 23.4. The summed E-state index contributed by atoms with van der Waals surface area (Å²) in [6.45, 7) is 3.45. The van der Waals surface area contributed by atoms with Crippen molar-refractivity contribution in [3.63, 3.8) is 0 Å². The van der Waals surface area contributed by atoms with E-state index >= 15 is 0 Å². The summed E-state index contributed by atoms with van der Waals surface area (Å²) in [6.07, 6.45) is 3.42. The summed E-state index contributed by atoms with van der Waals surface area (Å²) in [5.41, 5.74) is 0.384. The molecule has 10 nitrogen and oxygen atoms in total. The van der Waals surface area contributed by atoms with Crippen molar-refractivity contribution in [3.8, 4) is 17.4 Å². The van der Waals surface area contributed by atoms with Crippen molar-refractivity contribution in [1.29, 1.82) is 0 Å². The number of rotatable bonds is 8. The highest BCUT2D eigenvalue weighted by Crippen LogP contribution is 2.26. The first kappa shape index (κ1) is 22.4. The summed E-state index contributed by atoms with van der Waals surface area (Å²) in [5, 5.41) is 6.80. The van der Waals surface area contributed by atoms with Crippen molar-refractivity contribution in [1.82, 2.24) is 25.1 Å². The number of benzene rings is 1. The molecule has 0 aliphatic rings. The van der Waals surface area contributed by atoms with Gasteiger partial charge in [0.2, 0.25) is 11.8 Å². The van der Waals surface area contributed by atoms with Crippen LogP contribution >= 0.6 is 11.3 Å². The van der Waals surface area contributed by atoms with Gasteiger partial charge in [-0.15, -0.1) is 11.3 Å². The first-order valence-corrected chi connectivity index (χ1v) is 12.1. The molecule has 33 heavy (non-hydrogen) atoms. The molecule has 4 aromatic rings. The van der Waals surface area contributed by atoms with Gasteiger partial charge in [0.1, 0.15) is 15.8 Å². The molecule has 1 aromatic carbocycles. The van der Waals surface area contributed by atoms with E-state index in [-0.39, 0.29) is 16.7 Å². The smallest absolute Gasteiger partial charge is 0.271 e. The van der Waals surface area contributed by atoms with Crippen LogP contribution in [-0.4, -0.2) is 34.1 Å². The number of sulfonamides is 1. The summed E-state index contributed by atoms with van der Waals surface area (Å²) in [7, 11) is -3.75. The van der Waals surface area contributed by atoms with Gasteiger partial charge in [0.15, 0.2) is 5.82 Å². The summed E-state index contributed by atoms with van der Waals surface area (Å²) in [5.74, 6) is 1.74. The number of hydrogen-bond acceptors (Lipinski definition) is 8. The first-order valence-electron chi connectivity index (χ1n) is 9.78. The molecule has 0 unspecified atom stereocenters. The number of thiophene rings is 1. The standard InChI is InChI=1S/C21H20N6O4S2/c1-14-24-19(27-11-3-10-23-27)12-20(25-14)31-17-6-4-16(5-7-17)26-33(29,30)21-9-8-18(32-21)13-22-15(2)28/h3-12,26H,13H2,1-2H3,(H,22,28). The summed E-state index contributed by atoms with van der Waals surface area (Å²) in [4.78, 5) is 20.4. The van der Waals surface area contributed by atoms with Crippen LogP contribution in [0.25, 0.3) is 5.82 Å². The molecule has 2 N–H and O–H groups in total. The zero-order valence-electron chi connectivity index (χ0n) is 17.7.